The van der Waals surface area contributed by atoms with Gasteiger partial charge in [-0.1, -0.05) is 68.1 Å². The number of fused-ring (bicyclic) bond motifs is 1. The minimum absolute atomic E-state index is 0. The minimum atomic E-state index is -4.83. The Morgan fingerprint density at radius 1 is 0.688 bits per heavy atom. The number of nitrogens with one attached hydrogen (secondary N) is 3. The monoisotopic (exact) mass is 1390 g/mol. The third-order valence-electron chi connectivity index (χ3n) is 12.6. The molecule has 0 bridgehead atoms. The Morgan fingerprint density at radius 2 is 1.21 bits per heavy atom. The molecule has 0 spiro atoms. The van der Waals surface area contributed by atoms with Crippen molar-refractivity contribution >= 4 is 31.2 Å². The smallest absolute Gasteiger partial charge is 0.400 e. The maximum atomic E-state index is 11.2. The predicted octanol–water partition coefficient (Wildman–Crippen LogP) is -9.98. The van der Waals surface area contributed by atoms with Crippen LogP contribution < -0.4 is 15.1 Å². The molecule has 2 aromatic carbocycles. The van der Waals surface area contributed by atoms with E-state index in [1.807, 2.05) is 36.4 Å². The molecule has 19 atom stereocenters. The average Bonchev–Trinajstić information content (AvgIpc) is 3.94. The average molecular weight is 1390 g/mol. The second kappa shape index (κ2) is 33.1. The molecule has 6 aliphatic heterocycles. The van der Waals surface area contributed by atoms with Gasteiger partial charge >= 0.3 is 31.2 Å². The number of quaternary nitrogens is 2. The summed E-state index contributed by atoms with van der Waals surface area (Å²) in [4.78, 5) is 1.07. The maximum Gasteiger partial charge on any atom is 0.400 e. The van der Waals surface area contributed by atoms with Gasteiger partial charge in [-0.3, -0.25) is 9.11 Å². The minimum Gasteiger partial charge on any atom is -0.412 e. The standard InChI is InChI=1S/C16H23NO9S.C11H12O6S.C9H19NO9S.C5H11NO3.CH4.Ac.H2O/c18-8-11-15(20)12(19)6-17(11)7-13-14(26-27(21,22)23)9-24-16(25-13)10-4-2-1-3-5-10;12-18(13)15-7-9-10(17-18)6-14-11(16-9)8-4-2-1-3-5-8;11-3-5-9(15)7(14)2-10(5)1-6(13)8(4-12)19-20(16,17)18;7-2-3-5(9)4(8)1-6-3;;;/h1-5,11-16,18-20H,6-9H2,(H,21,22,23);1-5,9-11H,6-7H2;5-9,11-15H,1-4H2,(H,16,17,18);3-9H,1-2H2;1H4;;1H2/p+2/t11-,12-,13-,14+,15-,16?;9-,10+,11?;5-,6-,7-,8+,9-;3-,4-,5-;;;/m1111.../s1. The van der Waals surface area contributed by atoms with Gasteiger partial charge in [0.1, 0.15) is 99.3 Å². The second-order valence-electron chi connectivity index (χ2n) is 17.8. The van der Waals surface area contributed by atoms with Crippen molar-refractivity contribution in [3.8, 4) is 0 Å². The van der Waals surface area contributed by atoms with Crippen LogP contribution in [-0.2, 0) is 66.9 Å². The summed E-state index contributed by atoms with van der Waals surface area (Å²) < 4.78 is 124. The molecule has 6 aliphatic rings. The molecule has 0 aromatic heterocycles. The fourth-order valence-corrected chi connectivity index (χ4v) is 10.6. The summed E-state index contributed by atoms with van der Waals surface area (Å²) in [5, 5.41) is 105. The van der Waals surface area contributed by atoms with Crippen molar-refractivity contribution in [1.82, 2.24) is 5.32 Å². The SMILES string of the molecule is C.O.O=S(=O)(O)O[C@@H](CO)[C@H](O)C[NH+]1C[C@@H](O)[C@H](O)[C@H]1CO.O=S(=O)(O)O[C@H]1COC(c2ccccc2)O[C@@H]1C[NH+]1C[C@@H](O)[C@H](O)[C@H]1CO.O=S1(=O)OC[C@H]2OC(c3ccccc3)OC[C@@H]2O1.OC[C@H]1NC[C@@H](O)[C@@H]1O.[Ac]. The molecule has 31 nitrogen and oxygen atoms in total. The number of hydrogen-bond acceptors (Lipinski definition) is 26. The van der Waals surface area contributed by atoms with Crippen LogP contribution in [0.2, 0.25) is 0 Å². The molecular weight excluding hydrogens is 1320 g/mol. The molecule has 0 aliphatic carbocycles. The van der Waals surface area contributed by atoms with Gasteiger partial charge in [0.2, 0.25) is 0 Å². The van der Waals surface area contributed by atoms with Gasteiger partial charge in [0.15, 0.2) is 12.6 Å². The third kappa shape index (κ3) is 21.8. The zero-order valence-electron chi connectivity index (χ0n) is 40.4. The summed E-state index contributed by atoms with van der Waals surface area (Å²) in [7, 11) is -13.5. The van der Waals surface area contributed by atoms with E-state index in [4.69, 9.17) is 57.8 Å². The molecule has 6 fully saturated rings. The van der Waals surface area contributed by atoms with Crippen molar-refractivity contribution in [3.05, 3.63) is 71.8 Å². The van der Waals surface area contributed by atoms with Gasteiger partial charge in [-0.15, -0.1) is 0 Å². The van der Waals surface area contributed by atoms with Crippen LogP contribution in [0.5, 0.6) is 0 Å². The number of likely N-dealkylation sites (tertiary alicyclic amines) is 2. The molecule has 1 radical (unpaired) electrons. The van der Waals surface area contributed by atoms with E-state index in [2.05, 4.69) is 17.9 Å². The number of rotatable bonds is 15. The van der Waals surface area contributed by atoms with Gasteiger partial charge in [0.25, 0.3) is 0 Å². The molecule has 77 heavy (non-hydrogen) atoms. The molecule has 35 heteroatoms. The topological polar surface area (TPSA) is 492 Å². The Labute approximate surface area is 480 Å². The summed E-state index contributed by atoms with van der Waals surface area (Å²) >= 11 is 0. The summed E-state index contributed by atoms with van der Waals surface area (Å²) in [5.74, 6) is 0. The van der Waals surface area contributed by atoms with Crippen molar-refractivity contribution < 1.29 is 186 Å². The van der Waals surface area contributed by atoms with Gasteiger partial charge < -0.3 is 95.7 Å². The molecule has 4 unspecified atom stereocenters. The number of β-amino-alcohol motifs (C(OH)–C–C–N with tert-alkyl or cyclic N) is 1. The van der Waals surface area contributed by atoms with Gasteiger partial charge in [0.05, 0.1) is 64.5 Å². The van der Waals surface area contributed by atoms with Crippen LogP contribution in [0.15, 0.2) is 60.7 Å². The van der Waals surface area contributed by atoms with E-state index in [1.165, 1.54) is 0 Å². The van der Waals surface area contributed by atoms with Crippen molar-refractivity contribution in [2.24, 2.45) is 0 Å². The van der Waals surface area contributed by atoms with Crippen LogP contribution in [0, 0.1) is 44.1 Å². The number of aliphatic hydroxyl groups is 11. The molecule has 18 N–H and O–H groups in total. The number of benzene rings is 2. The van der Waals surface area contributed by atoms with Crippen LogP contribution in [0.25, 0.3) is 0 Å². The van der Waals surface area contributed by atoms with E-state index in [0.717, 1.165) is 11.1 Å². The molecule has 443 valence electrons. The van der Waals surface area contributed by atoms with E-state index in [0.29, 0.717) is 16.3 Å². The summed E-state index contributed by atoms with van der Waals surface area (Å²) in [6, 6.07) is 16.7. The summed E-state index contributed by atoms with van der Waals surface area (Å²) in [6.07, 6.45) is -13.2. The van der Waals surface area contributed by atoms with Crippen LogP contribution in [0.3, 0.4) is 0 Å². The first-order valence-corrected chi connectivity index (χ1v) is 27.1. The first-order chi connectivity index (χ1) is 34.9. The first-order valence-electron chi connectivity index (χ1n) is 23.0. The molecular formula is C42H73AcN3O28S3+2. The largest absolute Gasteiger partial charge is 0.412 e. The molecule has 0 saturated carbocycles. The molecule has 6 heterocycles. The van der Waals surface area contributed by atoms with Gasteiger partial charge in [-0.25, -0.2) is 16.7 Å². The van der Waals surface area contributed by atoms with E-state index >= 15 is 0 Å². The Kier molecular flexibility index (Phi) is 30.9. The van der Waals surface area contributed by atoms with Crippen molar-refractivity contribution in [1.29, 1.82) is 0 Å². The third-order valence-corrected chi connectivity index (χ3v) is 14.5. The molecule has 0 amide bonds. The van der Waals surface area contributed by atoms with Gasteiger partial charge in [-0.05, 0) is 0 Å². The second-order valence-corrected chi connectivity index (χ2v) is 21.1. The molecule has 8 rings (SSSR count). The number of hydrogen-bond donors (Lipinski definition) is 16. The maximum absolute atomic E-state index is 11.2. The summed E-state index contributed by atoms with van der Waals surface area (Å²) in [5.41, 5.74) is 1.60. The van der Waals surface area contributed by atoms with Crippen molar-refractivity contribution in [2.45, 2.75) is 111 Å². The predicted molar refractivity (Wildman–Crippen MR) is 254 cm³/mol. The zero-order chi connectivity index (χ0) is 54.5. The van der Waals surface area contributed by atoms with Gasteiger partial charge in [-0.2, -0.15) is 25.3 Å². The number of ether oxygens (including phenoxy) is 4. The normalized spacial score (nSPS) is 35.2. The Balaban J connectivity index is 0.000000365. The number of aliphatic hydroxyl groups excluding tert-OH is 11. The Bertz CT molecular complexity index is 2330. The van der Waals surface area contributed by atoms with Crippen LogP contribution in [0.1, 0.15) is 31.1 Å². The molecule has 2 aromatic rings. The zero-order valence-corrected chi connectivity index (χ0v) is 47.6. The summed E-state index contributed by atoms with van der Waals surface area (Å²) in [6.45, 7) is -1.32. The quantitative estimate of drug-likeness (QED) is 0.0736. The van der Waals surface area contributed by atoms with E-state index in [-0.39, 0.29) is 122 Å². The van der Waals surface area contributed by atoms with Crippen LogP contribution >= 0.6 is 0 Å². The first kappa shape index (κ1) is 71.8. The van der Waals surface area contributed by atoms with Crippen molar-refractivity contribution in [2.75, 3.05) is 79.0 Å². The Morgan fingerprint density at radius 3 is 1.68 bits per heavy atom. The van der Waals surface area contributed by atoms with E-state index < -0.39 is 142 Å². The Hall–Kier alpha value is -1.27. The van der Waals surface area contributed by atoms with Crippen LogP contribution in [0.4, 0.5) is 0 Å². The van der Waals surface area contributed by atoms with E-state index in [1.54, 1.807) is 24.3 Å². The van der Waals surface area contributed by atoms with E-state index in [9.17, 15) is 55.9 Å². The van der Waals surface area contributed by atoms with Crippen LogP contribution in [-0.4, -0.2) is 266 Å². The van der Waals surface area contributed by atoms with Crippen molar-refractivity contribution in [3.63, 3.8) is 0 Å². The fraction of sp³-hybridized carbons (Fsp3) is 0.714. The molecule has 6 saturated heterocycles. The van der Waals surface area contributed by atoms with Gasteiger partial charge in [0, 0.05) is 61.7 Å². The fourth-order valence-electron chi connectivity index (χ4n) is 8.74.